The fraction of sp³-hybridized carbons (Fsp3) is 0.833. The number of hydrogen-bond acceptors (Lipinski definition) is 3. The van der Waals surface area contributed by atoms with E-state index in [1.807, 2.05) is 0 Å². The lowest BCUT2D eigenvalue weighted by Gasteiger charge is -2.43. The van der Waals surface area contributed by atoms with Crippen molar-refractivity contribution in [3.8, 4) is 17.9 Å². The zero-order valence-corrected chi connectivity index (χ0v) is 19.6. The molecule has 0 heterocycles. The lowest BCUT2D eigenvalue weighted by Crippen LogP contribution is -2.54. The largest absolute Gasteiger partial charge is 0.399 e. The molecular formula is C18H32BrNO2Si2. The number of rotatable bonds is 6. The lowest BCUT2D eigenvalue weighted by molar-refractivity contribution is -0.0245. The molecule has 136 valence electrons. The molecule has 0 bridgehead atoms. The van der Waals surface area contributed by atoms with E-state index in [1.54, 1.807) is 0 Å². The first-order chi connectivity index (χ1) is 11.0. The van der Waals surface area contributed by atoms with Crippen LogP contribution in [0.3, 0.4) is 0 Å². The Bertz CT molecular complexity index is 510. The molecule has 0 aromatic carbocycles. The van der Waals surface area contributed by atoms with E-state index >= 15 is 0 Å². The van der Waals surface area contributed by atoms with Crippen molar-refractivity contribution in [1.29, 1.82) is 5.26 Å². The summed E-state index contributed by atoms with van der Waals surface area (Å²) in [6.45, 7) is 14.0. The van der Waals surface area contributed by atoms with Crippen LogP contribution in [-0.2, 0) is 9.16 Å². The molecule has 0 aromatic heterocycles. The average Bonchev–Trinajstić information content (AvgIpc) is 2.43. The van der Waals surface area contributed by atoms with Crippen LogP contribution in [0.4, 0.5) is 0 Å². The topological polar surface area (TPSA) is 42.2 Å². The molecule has 0 spiro atoms. The standard InChI is InChI=1S/C18H32BrNO2Si2/c1-23(2,3)14-9-7-8-13-21-16-11-10-12-18(15-20,17(16)19)22-24(4,5)6/h16-17H,8,10-14H2,1-6H3/t16-,17+,18-/m1/s1. The molecule has 1 aliphatic rings. The van der Waals surface area contributed by atoms with Gasteiger partial charge in [-0.05, 0) is 38.9 Å². The highest BCUT2D eigenvalue weighted by atomic mass is 79.9. The van der Waals surface area contributed by atoms with Gasteiger partial charge >= 0.3 is 0 Å². The van der Waals surface area contributed by atoms with E-state index < -0.39 is 22.0 Å². The summed E-state index contributed by atoms with van der Waals surface area (Å²) in [5.41, 5.74) is -0.753. The van der Waals surface area contributed by atoms with Crippen LogP contribution < -0.4 is 0 Å². The van der Waals surface area contributed by atoms with Gasteiger partial charge < -0.3 is 9.16 Å². The molecule has 3 nitrogen and oxygen atoms in total. The van der Waals surface area contributed by atoms with Gasteiger partial charge in [-0.3, -0.25) is 0 Å². The highest BCUT2D eigenvalue weighted by Gasteiger charge is 2.48. The third-order valence-corrected chi connectivity index (χ3v) is 7.33. The van der Waals surface area contributed by atoms with Gasteiger partial charge in [-0.1, -0.05) is 35.6 Å². The van der Waals surface area contributed by atoms with Gasteiger partial charge in [0.05, 0.1) is 31.7 Å². The minimum absolute atomic E-state index is 0.0218. The Morgan fingerprint density at radius 1 is 1.17 bits per heavy atom. The van der Waals surface area contributed by atoms with Crippen molar-refractivity contribution in [3.05, 3.63) is 0 Å². The number of nitrogens with zero attached hydrogens (tertiary/aromatic N) is 1. The maximum absolute atomic E-state index is 9.75. The van der Waals surface area contributed by atoms with E-state index in [0.29, 0.717) is 6.61 Å². The number of alkyl halides is 1. The summed E-state index contributed by atoms with van der Waals surface area (Å²) >= 11 is 3.72. The molecule has 0 unspecified atom stereocenters. The minimum atomic E-state index is -1.80. The van der Waals surface area contributed by atoms with Crippen molar-refractivity contribution >= 4 is 32.3 Å². The normalized spacial score (nSPS) is 27.9. The quantitative estimate of drug-likeness (QED) is 0.253. The van der Waals surface area contributed by atoms with Gasteiger partial charge in [0.25, 0.3) is 0 Å². The van der Waals surface area contributed by atoms with E-state index in [9.17, 15) is 5.26 Å². The summed E-state index contributed by atoms with van der Waals surface area (Å²) in [4.78, 5) is -0.0783. The summed E-state index contributed by atoms with van der Waals surface area (Å²) in [6, 6.07) is 3.48. The zero-order chi connectivity index (χ0) is 18.4. The van der Waals surface area contributed by atoms with Crippen LogP contribution in [0, 0.1) is 23.2 Å². The van der Waals surface area contributed by atoms with Crippen LogP contribution in [0.25, 0.3) is 0 Å². The highest BCUT2D eigenvalue weighted by molar-refractivity contribution is 9.09. The van der Waals surface area contributed by atoms with Gasteiger partial charge in [0.15, 0.2) is 13.9 Å². The maximum Gasteiger partial charge on any atom is 0.185 e. The molecule has 24 heavy (non-hydrogen) atoms. The second-order valence-electron chi connectivity index (χ2n) is 8.76. The van der Waals surface area contributed by atoms with Gasteiger partial charge in [-0.2, -0.15) is 5.26 Å². The van der Waals surface area contributed by atoms with Gasteiger partial charge in [0.1, 0.15) is 0 Å². The predicted octanol–water partition coefficient (Wildman–Crippen LogP) is 5.16. The Labute approximate surface area is 158 Å². The summed E-state index contributed by atoms with van der Waals surface area (Å²) in [5.74, 6) is 6.51. The molecular weight excluding hydrogens is 398 g/mol. The minimum Gasteiger partial charge on any atom is -0.399 e. The van der Waals surface area contributed by atoms with Crippen molar-refractivity contribution in [3.63, 3.8) is 0 Å². The second kappa shape index (κ2) is 9.01. The molecule has 1 fully saturated rings. The molecule has 3 atom stereocenters. The molecule has 0 radical (unpaired) electrons. The summed E-state index contributed by atoms with van der Waals surface area (Å²) < 4.78 is 12.3. The van der Waals surface area contributed by atoms with E-state index in [4.69, 9.17) is 9.16 Å². The van der Waals surface area contributed by atoms with Gasteiger partial charge in [-0.15, -0.1) is 11.8 Å². The van der Waals surface area contributed by atoms with Crippen LogP contribution in [0.2, 0.25) is 45.3 Å². The number of nitriles is 1. The Hall–Kier alpha value is -0.116. The third-order valence-electron chi connectivity index (χ3n) is 3.79. The molecule has 1 aliphatic carbocycles. The monoisotopic (exact) mass is 429 g/mol. The molecule has 0 amide bonds. The molecule has 0 aromatic rings. The van der Waals surface area contributed by atoms with Gasteiger partial charge in [0.2, 0.25) is 0 Å². The van der Waals surface area contributed by atoms with Crippen LogP contribution >= 0.6 is 15.9 Å². The third kappa shape index (κ3) is 7.41. The second-order valence-corrected chi connectivity index (χ2v) is 19.7. The Kier molecular flexibility index (Phi) is 8.23. The van der Waals surface area contributed by atoms with Crippen LogP contribution in [0.15, 0.2) is 0 Å². The average molecular weight is 431 g/mol. The van der Waals surface area contributed by atoms with Crippen molar-refractivity contribution in [2.75, 3.05) is 6.61 Å². The van der Waals surface area contributed by atoms with E-state index in [0.717, 1.165) is 31.7 Å². The SMILES string of the molecule is C[Si](C)(C)CC#CCCO[C@@H]1CCC[C@](C#N)(O[Si](C)(C)C)[C@H]1Br. The molecule has 0 aliphatic heterocycles. The van der Waals surface area contributed by atoms with Crippen molar-refractivity contribution in [2.45, 2.75) is 87.5 Å². The van der Waals surface area contributed by atoms with E-state index in [1.165, 1.54) is 0 Å². The first-order valence-corrected chi connectivity index (χ1v) is 16.8. The summed E-state index contributed by atoms with van der Waals surface area (Å²) in [5, 5.41) is 9.75. The molecule has 6 heteroatoms. The molecule has 0 saturated heterocycles. The van der Waals surface area contributed by atoms with Crippen LogP contribution in [-0.4, -0.2) is 39.5 Å². The highest BCUT2D eigenvalue weighted by Crippen LogP contribution is 2.39. The Morgan fingerprint density at radius 2 is 1.83 bits per heavy atom. The molecule has 0 N–H and O–H groups in total. The fourth-order valence-electron chi connectivity index (χ4n) is 2.79. The predicted molar refractivity (Wildman–Crippen MR) is 110 cm³/mol. The Balaban J connectivity index is 2.56. The summed E-state index contributed by atoms with van der Waals surface area (Å²) in [6.07, 6.45) is 3.49. The first kappa shape index (κ1) is 21.9. The van der Waals surface area contributed by atoms with Gasteiger partial charge in [0, 0.05) is 12.5 Å². The molecule has 1 saturated carbocycles. The van der Waals surface area contributed by atoms with Crippen LogP contribution in [0.5, 0.6) is 0 Å². The summed E-state index contributed by atoms with van der Waals surface area (Å²) in [7, 11) is -2.88. The van der Waals surface area contributed by atoms with E-state index in [2.05, 4.69) is 73.1 Å². The maximum atomic E-state index is 9.75. The van der Waals surface area contributed by atoms with E-state index in [-0.39, 0.29) is 10.9 Å². The lowest BCUT2D eigenvalue weighted by atomic mass is 9.84. The van der Waals surface area contributed by atoms with Crippen molar-refractivity contribution < 1.29 is 9.16 Å². The number of ether oxygens (including phenoxy) is 1. The molecule has 1 rings (SSSR count). The van der Waals surface area contributed by atoms with Crippen LogP contribution in [0.1, 0.15) is 25.7 Å². The number of hydrogen-bond donors (Lipinski definition) is 0. The Morgan fingerprint density at radius 3 is 2.38 bits per heavy atom. The number of halogens is 1. The zero-order valence-electron chi connectivity index (χ0n) is 16.0. The van der Waals surface area contributed by atoms with Crippen molar-refractivity contribution in [2.24, 2.45) is 0 Å². The fourth-order valence-corrected chi connectivity index (χ4v) is 5.83. The van der Waals surface area contributed by atoms with Gasteiger partial charge in [-0.25, -0.2) is 0 Å². The smallest absolute Gasteiger partial charge is 0.185 e. The van der Waals surface area contributed by atoms with Crippen molar-refractivity contribution in [1.82, 2.24) is 0 Å². The first-order valence-electron chi connectivity index (χ1n) is 8.82.